The predicted octanol–water partition coefficient (Wildman–Crippen LogP) is 4.36. The molecule has 2 heterocycles. The molecule has 3 heteroatoms. The number of anilines is 1. The van der Waals surface area contributed by atoms with E-state index in [-0.39, 0.29) is 0 Å². The SMILES string of the molecule is c1ccc(C2CCCCN2c2cnc3ccccc3n2)cc1. The molecule has 3 aromatic rings. The second-order valence-electron chi connectivity index (χ2n) is 5.83. The summed E-state index contributed by atoms with van der Waals surface area (Å²) in [5.41, 5.74) is 3.30. The molecule has 0 saturated carbocycles. The van der Waals surface area contributed by atoms with Gasteiger partial charge in [-0.3, -0.25) is 4.98 Å². The zero-order chi connectivity index (χ0) is 14.8. The molecule has 0 N–H and O–H groups in total. The van der Waals surface area contributed by atoms with E-state index in [1.54, 1.807) is 0 Å². The average molecular weight is 289 g/mol. The number of fused-ring (bicyclic) bond motifs is 1. The predicted molar refractivity (Wildman–Crippen MR) is 89.9 cm³/mol. The third-order valence-corrected chi connectivity index (χ3v) is 4.42. The normalized spacial score (nSPS) is 18.5. The highest BCUT2D eigenvalue weighted by Crippen LogP contribution is 2.34. The van der Waals surface area contributed by atoms with Gasteiger partial charge in [0.2, 0.25) is 0 Å². The van der Waals surface area contributed by atoms with Gasteiger partial charge in [-0.1, -0.05) is 42.5 Å². The maximum Gasteiger partial charge on any atom is 0.148 e. The van der Waals surface area contributed by atoms with E-state index in [1.807, 2.05) is 30.5 Å². The highest BCUT2D eigenvalue weighted by Gasteiger charge is 2.25. The smallest absolute Gasteiger partial charge is 0.148 e. The number of benzene rings is 2. The molecule has 3 nitrogen and oxygen atoms in total. The number of piperidine rings is 1. The molecule has 0 radical (unpaired) electrons. The van der Waals surface area contributed by atoms with Crippen LogP contribution in [0.15, 0.2) is 60.8 Å². The molecule has 22 heavy (non-hydrogen) atoms. The van der Waals surface area contributed by atoms with Crippen molar-refractivity contribution in [3.8, 4) is 0 Å². The zero-order valence-electron chi connectivity index (χ0n) is 12.5. The summed E-state index contributed by atoms with van der Waals surface area (Å²) >= 11 is 0. The first kappa shape index (κ1) is 13.3. The van der Waals surface area contributed by atoms with Crippen LogP contribution in [0.2, 0.25) is 0 Å². The number of para-hydroxylation sites is 2. The van der Waals surface area contributed by atoms with Gasteiger partial charge in [0.05, 0.1) is 23.3 Å². The summed E-state index contributed by atoms with van der Waals surface area (Å²) in [6, 6.07) is 19.2. The van der Waals surface area contributed by atoms with Crippen molar-refractivity contribution < 1.29 is 0 Å². The molecule has 1 fully saturated rings. The summed E-state index contributed by atoms with van der Waals surface area (Å²) in [7, 11) is 0. The Hall–Kier alpha value is -2.42. The molecule has 0 amide bonds. The Balaban J connectivity index is 1.74. The van der Waals surface area contributed by atoms with Crippen LogP contribution in [0.3, 0.4) is 0 Å². The molecular formula is C19H19N3. The topological polar surface area (TPSA) is 29.0 Å². The van der Waals surface area contributed by atoms with E-state index in [0.29, 0.717) is 6.04 Å². The van der Waals surface area contributed by atoms with E-state index in [4.69, 9.17) is 4.98 Å². The van der Waals surface area contributed by atoms with Crippen LogP contribution < -0.4 is 4.90 Å². The molecule has 0 aliphatic carbocycles. The lowest BCUT2D eigenvalue weighted by Gasteiger charge is -2.36. The molecule has 1 saturated heterocycles. The summed E-state index contributed by atoms with van der Waals surface area (Å²) in [5.74, 6) is 0.993. The lowest BCUT2D eigenvalue weighted by molar-refractivity contribution is 0.469. The summed E-state index contributed by atoms with van der Waals surface area (Å²) in [4.78, 5) is 11.8. The van der Waals surface area contributed by atoms with Crippen molar-refractivity contribution in [3.63, 3.8) is 0 Å². The van der Waals surface area contributed by atoms with Crippen molar-refractivity contribution in [1.82, 2.24) is 9.97 Å². The first-order valence-electron chi connectivity index (χ1n) is 7.95. The van der Waals surface area contributed by atoms with Crippen LogP contribution in [0, 0.1) is 0 Å². The number of aromatic nitrogens is 2. The summed E-state index contributed by atoms with van der Waals surface area (Å²) in [6.45, 7) is 1.05. The minimum Gasteiger partial charge on any atom is -0.348 e. The fourth-order valence-electron chi connectivity index (χ4n) is 3.31. The molecule has 1 unspecified atom stereocenters. The van der Waals surface area contributed by atoms with Gasteiger partial charge in [-0.25, -0.2) is 4.98 Å². The molecular weight excluding hydrogens is 270 g/mol. The Bertz CT molecular complexity index is 770. The van der Waals surface area contributed by atoms with Crippen LogP contribution in [0.25, 0.3) is 11.0 Å². The van der Waals surface area contributed by atoms with E-state index in [1.165, 1.54) is 24.8 Å². The van der Waals surface area contributed by atoms with Gasteiger partial charge in [0.1, 0.15) is 5.82 Å². The Kier molecular flexibility index (Phi) is 3.47. The summed E-state index contributed by atoms with van der Waals surface area (Å²) in [5, 5.41) is 0. The minimum atomic E-state index is 0.408. The van der Waals surface area contributed by atoms with E-state index < -0.39 is 0 Å². The van der Waals surface area contributed by atoms with Crippen molar-refractivity contribution in [2.45, 2.75) is 25.3 Å². The molecule has 2 aromatic carbocycles. The lowest BCUT2D eigenvalue weighted by atomic mass is 9.95. The first-order valence-corrected chi connectivity index (χ1v) is 7.95. The largest absolute Gasteiger partial charge is 0.348 e. The second-order valence-corrected chi connectivity index (χ2v) is 5.83. The monoisotopic (exact) mass is 289 g/mol. The van der Waals surface area contributed by atoms with Crippen molar-refractivity contribution in [2.24, 2.45) is 0 Å². The van der Waals surface area contributed by atoms with Crippen LogP contribution in [-0.4, -0.2) is 16.5 Å². The zero-order valence-corrected chi connectivity index (χ0v) is 12.5. The van der Waals surface area contributed by atoms with Gasteiger partial charge >= 0.3 is 0 Å². The molecule has 4 rings (SSSR count). The van der Waals surface area contributed by atoms with E-state index >= 15 is 0 Å². The first-order chi connectivity index (χ1) is 10.9. The Morgan fingerprint density at radius 1 is 0.864 bits per heavy atom. The Labute approximate surface area is 130 Å². The van der Waals surface area contributed by atoms with Crippen molar-refractivity contribution in [2.75, 3.05) is 11.4 Å². The quantitative estimate of drug-likeness (QED) is 0.702. The van der Waals surface area contributed by atoms with E-state index in [9.17, 15) is 0 Å². The second kappa shape index (κ2) is 5.76. The third kappa shape index (κ3) is 2.43. The molecule has 110 valence electrons. The van der Waals surface area contributed by atoms with Gasteiger partial charge in [-0.05, 0) is 37.0 Å². The van der Waals surface area contributed by atoms with Crippen LogP contribution >= 0.6 is 0 Å². The third-order valence-electron chi connectivity index (χ3n) is 4.42. The summed E-state index contributed by atoms with van der Waals surface area (Å²) < 4.78 is 0. The standard InChI is InChI=1S/C19H19N3/c1-2-8-15(9-3-1)18-12-6-7-13-22(18)19-14-20-16-10-4-5-11-17(16)21-19/h1-5,8-11,14,18H,6-7,12-13H2. The molecule has 0 spiro atoms. The van der Waals surface area contributed by atoms with E-state index in [0.717, 1.165) is 23.4 Å². The van der Waals surface area contributed by atoms with Crippen LogP contribution in [0.1, 0.15) is 30.9 Å². The number of rotatable bonds is 2. The van der Waals surface area contributed by atoms with Gasteiger partial charge < -0.3 is 4.90 Å². The van der Waals surface area contributed by atoms with Gasteiger partial charge in [-0.15, -0.1) is 0 Å². The summed E-state index contributed by atoms with van der Waals surface area (Å²) in [6.07, 6.45) is 5.59. The van der Waals surface area contributed by atoms with Crippen molar-refractivity contribution in [1.29, 1.82) is 0 Å². The molecule has 1 aliphatic rings. The van der Waals surface area contributed by atoms with Gasteiger partial charge in [0, 0.05) is 6.54 Å². The fourth-order valence-corrected chi connectivity index (χ4v) is 3.31. The van der Waals surface area contributed by atoms with Gasteiger partial charge in [-0.2, -0.15) is 0 Å². The van der Waals surface area contributed by atoms with Crippen LogP contribution in [0.4, 0.5) is 5.82 Å². The highest BCUT2D eigenvalue weighted by atomic mass is 15.2. The van der Waals surface area contributed by atoms with Crippen LogP contribution in [-0.2, 0) is 0 Å². The molecule has 0 bridgehead atoms. The van der Waals surface area contributed by atoms with Gasteiger partial charge in [0.25, 0.3) is 0 Å². The van der Waals surface area contributed by atoms with Gasteiger partial charge in [0.15, 0.2) is 0 Å². The fraction of sp³-hybridized carbons (Fsp3) is 0.263. The minimum absolute atomic E-state index is 0.408. The van der Waals surface area contributed by atoms with Crippen molar-refractivity contribution >= 4 is 16.9 Å². The van der Waals surface area contributed by atoms with Crippen molar-refractivity contribution in [3.05, 3.63) is 66.4 Å². The molecule has 1 atom stereocenters. The lowest BCUT2D eigenvalue weighted by Crippen LogP contribution is -2.34. The maximum atomic E-state index is 4.84. The number of hydrogen-bond acceptors (Lipinski definition) is 3. The highest BCUT2D eigenvalue weighted by molar-refractivity contribution is 5.75. The Morgan fingerprint density at radius 2 is 1.64 bits per heavy atom. The number of hydrogen-bond donors (Lipinski definition) is 0. The van der Waals surface area contributed by atoms with Crippen LogP contribution in [0.5, 0.6) is 0 Å². The maximum absolute atomic E-state index is 4.84. The molecule has 1 aliphatic heterocycles. The Morgan fingerprint density at radius 3 is 2.50 bits per heavy atom. The molecule has 1 aromatic heterocycles. The van der Waals surface area contributed by atoms with E-state index in [2.05, 4.69) is 40.2 Å². The number of nitrogens with zero attached hydrogens (tertiary/aromatic N) is 3. The average Bonchev–Trinajstić information content (AvgIpc) is 2.62.